The lowest BCUT2D eigenvalue weighted by atomic mass is 9.67. The minimum absolute atomic E-state index is 0.609. The summed E-state index contributed by atoms with van der Waals surface area (Å²) in [5.41, 5.74) is 18.8. The van der Waals surface area contributed by atoms with Gasteiger partial charge in [-0.05, 0) is 80.2 Å². The highest BCUT2D eigenvalue weighted by atomic mass is 15.2. The zero-order valence-corrected chi connectivity index (χ0v) is 33.1. The summed E-state index contributed by atoms with van der Waals surface area (Å²) >= 11 is 0. The van der Waals surface area contributed by atoms with E-state index in [0.29, 0.717) is 0 Å². The van der Waals surface area contributed by atoms with Crippen molar-refractivity contribution in [3.8, 4) is 55.9 Å². The number of hydrogen-bond donors (Lipinski definition) is 0. The third-order valence-corrected chi connectivity index (χ3v) is 12.4. The Bertz CT molecular complexity index is 3110. The van der Waals surface area contributed by atoms with E-state index >= 15 is 0 Å². The Balaban J connectivity index is 1.22. The number of rotatable bonds is 8. The fourth-order valence-corrected chi connectivity index (χ4v) is 9.96. The highest BCUT2D eigenvalue weighted by molar-refractivity contribution is 6.20. The molecule has 1 unspecified atom stereocenters. The molecule has 0 radical (unpaired) electrons. The first-order valence-electron chi connectivity index (χ1n) is 20.5. The van der Waals surface area contributed by atoms with Crippen LogP contribution in [0, 0.1) is 0 Å². The quantitative estimate of drug-likeness (QED) is 0.143. The van der Waals surface area contributed by atoms with Crippen LogP contribution in [0.5, 0.6) is 0 Å². The van der Waals surface area contributed by atoms with Crippen molar-refractivity contribution in [3.05, 3.63) is 254 Å². The molecule has 0 fully saturated rings. The maximum absolute atomic E-state index is 5.40. The molecule has 1 aliphatic heterocycles. The van der Waals surface area contributed by atoms with Crippen LogP contribution in [0.4, 0.5) is 17.1 Å². The standard InChI is InChI=1S/C58H40N2/c1-3-20-42(4-2)58(43-25-13-7-14-26-43)50-31-18-17-29-49(50)56-51(58)36-35-48-47-34-33-45(46-30-19-32-54(55(46)47)60(57(48)56)44-27-15-8-16-28-44)53-38-41(39-21-9-5-10-22-39)37-52(59-53)40-23-11-6-12-24-40/h3-38H,1-2H2/b42-20+. The maximum atomic E-state index is 5.40. The van der Waals surface area contributed by atoms with Gasteiger partial charge in [0.25, 0.3) is 0 Å². The average molecular weight is 765 g/mol. The summed E-state index contributed by atoms with van der Waals surface area (Å²) in [7, 11) is 0. The number of nitrogens with zero attached hydrogens (tertiary/aromatic N) is 2. The van der Waals surface area contributed by atoms with Crippen molar-refractivity contribution in [2.24, 2.45) is 0 Å². The van der Waals surface area contributed by atoms with E-state index in [9.17, 15) is 0 Å². The van der Waals surface area contributed by atoms with E-state index in [1.807, 2.05) is 12.2 Å². The number of para-hydroxylation sites is 1. The molecule has 1 aromatic heterocycles. The largest absolute Gasteiger partial charge is 0.309 e. The molecular weight excluding hydrogens is 725 g/mol. The normalized spacial score (nSPS) is 14.9. The molecule has 0 N–H and O–H groups in total. The Kier molecular flexibility index (Phi) is 8.39. The van der Waals surface area contributed by atoms with Gasteiger partial charge in [0.1, 0.15) is 0 Å². The summed E-state index contributed by atoms with van der Waals surface area (Å²) in [4.78, 5) is 7.90. The van der Waals surface area contributed by atoms with E-state index in [1.54, 1.807) is 0 Å². The van der Waals surface area contributed by atoms with Gasteiger partial charge in [0.15, 0.2) is 0 Å². The molecule has 0 amide bonds. The van der Waals surface area contributed by atoms with Crippen LogP contribution in [0.3, 0.4) is 0 Å². The number of pyridine rings is 1. The molecule has 282 valence electrons. The minimum Gasteiger partial charge on any atom is -0.309 e. The molecule has 2 nitrogen and oxygen atoms in total. The Hall–Kier alpha value is -7.81. The van der Waals surface area contributed by atoms with Gasteiger partial charge in [0, 0.05) is 33.3 Å². The van der Waals surface area contributed by atoms with E-state index in [0.717, 1.165) is 56.0 Å². The average Bonchev–Trinajstić information content (AvgIpc) is 3.63. The molecule has 2 heteroatoms. The second-order valence-electron chi connectivity index (χ2n) is 15.5. The second-order valence-corrected chi connectivity index (χ2v) is 15.5. The molecule has 60 heavy (non-hydrogen) atoms. The molecular formula is C58H40N2. The van der Waals surface area contributed by atoms with E-state index in [4.69, 9.17) is 4.98 Å². The third kappa shape index (κ3) is 5.24. The van der Waals surface area contributed by atoms with E-state index < -0.39 is 5.41 Å². The van der Waals surface area contributed by atoms with Crippen LogP contribution < -0.4 is 4.90 Å². The van der Waals surface area contributed by atoms with Crippen LogP contribution in [0.2, 0.25) is 0 Å². The van der Waals surface area contributed by atoms with Crippen molar-refractivity contribution in [2.75, 3.05) is 4.90 Å². The lowest BCUT2D eigenvalue weighted by molar-refractivity contribution is 0.767. The fraction of sp³-hybridized carbons (Fsp3) is 0.0172. The smallest absolute Gasteiger partial charge is 0.0721 e. The van der Waals surface area contributed by atoms with Crippen LogP contribution in [-0.2, 0) is 5.41 Å². The lowest BCUT2D eigenvalue weighted by Crippen LogP contribution is -2.29. The zero-order chi connectivity index (χ0) is 40.2. The van der Waals surface area contributed by atoms with Gasteiger partial charge in [-0.3, -0.25) is 0 Å². The van der Waals surface area contributed by atoms with Crippen LogP contribution in [0.25, 0.3) is 66.7 Å². The molecule has 0 bridgehead atoms. The molecule has 0 saturated carbocycles. The van der Waals surface area contributed by atoms with Gasteiger partial charge in [-0.1, -0.05) is 201 Å². The zero-order valence-electron chi connectivity index (χ0n) is 33.1. The van der Waals surface area contributed by atoms with Crippen molar-refractivity contribution < 1.29 is 0 Å². The monoisotopic (exact) mass is 764 g/mol. The van der Waals surface area contributed by atoms with Crippen LogP contribution in [0.1, 0.15) is 16.7 Å². The van der Waals surface area contributed by atoms with E-state index in [2.05, 4.69) is 224 Å². The molecule has 0 spiro atoms. The topological polar surface area (TPSA) is 16.1 Å². The summed E-state index contributed by atoms with van der Waals surface area (Å²) < 4.78 is 0. The number of anilines is 3. The number of allylic oxidation sites excluding steroid dienone is 4. The first-order chi connectivity index (χ1) is 29.7. The van der Waals surface area contributed by atoms with Crippen LogP contribution >= 0.6 is 0 Å². The molecule has 8 aromatic carbocycles. The Morgan fingerprint density at radius 2 is 1.13 bits per heavy atom. The summed E-state index contributed by atoms with van der Waals surface area (Å²) in [6.45, 7) is 8.55. The molecule has 1 atom stereocenters. The number of benzene rings is 8. The molecule has 1 aliphatic carbocycles. The van der Waals surface area contributed by atoms with Crippen molar-refractivity contribution in [1.29, 1.82) is 0 Å². The fourth-order valence-electron chi connectivity index (χ4n) is 9.96. The van der Waals surface area contributed by atoms with Crippen LogP contribution in [-0.4, -0.2) is 4.98 Å². The minimum atomic E-state index is -0.609. The lowest BCUT2D eigenvalue weighted by Gasteiger charge is -2.37. The summed E-state index contributed by atoms with van der Waals surface area (Å²) in [6, 6.07) is 72.3. The first kappa shape index (κ1) is 35.4. The predicted molar refractivity (Wildman–Crippen MR) is 252 cm³/mol. The third-order valence-electron chi connectivity index (χ3n) is 12.4. The number of hydrogen-bond acceptors (Lipinski definition) is 2. The first-order valence-corrected chi connectivity index (χ1v) is 20.5. The maximum Gasteiger partial charge on any atom is 0.0721 e. The van der Waals surface area contributed by atoms with Gasteiger partial charge in [0.2, 0.25) is 0 Å². The molecule has 2 heterocycles. The summed E-state index contributed by atoms with van der Waals surface area (Å²) in [5.74, 6) is 0. The van der Waals surface area contributed by atoms with Crippen LogP contribution in [0.15, 0.2) is 237 Å². The predicted octanol–water partition coefficient (Wildman–Crippen LogP) is 15.3. The van der Waals surface area contributed by atoms with Gasteiger partial charge in [-0.2, -0.15) is 0 Å². The highest BCUT2D eigenvalue weighted by Crippen LogP contribution is 2.63. The van der Waals surface area contributed by atoms with Crippen molar-refractivity contribution in [1.82, 2.24) is 4.98 Å². The highest BCUT2D eigenvalue weighted by Gasteiger charge is 2.49. The molecule has 2 aliphatic rings. The van der Waals surface area contributed by atoms with Crippen molar-refractivity contribution in [2.45, 2.75) is 5.41 Å². The van der Waals surface area contributed by atoms with Gasteiger partial charge < -0.3 is 4.90 Å². The van der Waals surface area contributed by atoms with Crippen molar-refractivity contribution in [3.63, 3.8) is 0 Å². The Labute approximate surface area is 351 Å². The molecule has 9 aromatic rings. The van der Waals surface area contributed by atoms with E-state index in [-0.39, 0.29) is 0 Å². The number of fused-ring (bicyclic) bond motifs is 6. The van der Waals surface area contributed by atoms with Crippen molar-refractivity contribution >= 4 is 27.8 Å². The Morgan fingerprint density at radius 3 is 1.87 bits per heavy atom. The summed E-state index contributed by atoms with van der Waals surface area (Å²) in [6.07, 6.45) is 6.02. The van der Waals surface area contributed by atoms with Gasteiger partial charge in [-0.15, -0.1) is 0 Å². The van der Waals surface area contributed by atoms with Gasteiger partial charge in [-0.25, -0.2) is 4.98 Å². The van der Waals surface area contributed by atoms with E-state index in [1.165, 1.54) is 50.0 Å². The summed E-state index contributed by atoms with van der Waals surface area (Å²) in [5, 5.41) is 2.37. The van der Waals surface area contributed by atoms with Gasteiger partial charge in [0.05, 0.1) is 28.2 Å². The SMILES string of the molecule is C=C/C=C(\C=C)C1(c2ccccc2)c2ccccc2-c2c1ccc1c2N(c2ccccc2)c2cccc3c(-c4cc(-c5ccccc5)cc(-c5ccccc5)n4)ccc-1c23. The Morgan fingerprint density at radius 1 is 0.500 bits per heavy atom. The second kappa shape index (κ2) is 14.2. The van der Waals surface area contributed by atoms with Gasteiger partial charge >= 0.3 is 0 Å². The molecule has 11 rings (SSSR count). The number of aromatic nitrogens is 1. The molecule has 0 saturated heterocycles.